The van der Waals surface area contributed by atoms with Crippen molar-refractivity contribution < 1.29 is 17.9 Å². The number of benzene rings is 2. The first kappa shape index (κ1) is 20.0. The molecule has 1 atom stereocenters. The molecular weight excluding hydrogens is 419 g/mol. The van der Waals surface area contributed by atoms with Crippen LogP contribution in [0.1, 0.15) is 11.1 Å². The summed E-state index contributed by atoms with van der Waals surface area (Å²) in [5.41, 5.74) is 8.47. The molecule has 0 bridgehead atoms. The molecule has 5 rings (SSSR count). The van der Waals surface area contributed by atoms with Gasteiger partial charge in [0.25, 0.3) is 0 Å². The number of nitrogens with two attached hydrogens (primary N) is 1. The van der Waals surface area contributed by atoms with Gasteiger partial charge < -0.3 is 10.5 Å². The summed E-state index contributed by atoms with van der Waals surface area (Å²) in [6.07, 6.45) is -1.30. The van der Waals surface area contributed by atoms with Crippen LogP contribution < -0.4 is 10.5 Å². The average Bonchev–Trinajstić information content (AvgIpc) is 3.38. The van der Waals surface area contributed by atoms with Gasteiger partial charge in [0, 0.05) is 18.9 Å². The van der Waals surface area contributed by atoms with Gasteiger partial charge >= 0.3 is 6.36 Å². The van der Waals surface area contributed by atoms with Crippen molar-refractivity contribution in [3.05, 3.63) is 84.2 Å². The Hall–Kier alpha value is -3.88. The predicted octanol–water partition coefficient (Wildman–Crippen LogP) is 3.93. The van der Waals surface area contributed by atoms with Crippen LogP contribution in [0, 0.1) is 0 Å². The van der Waals surface area contributed by atoms with Crippen LogP contribution in [-0.2, 0) is 5.54 Å². The summed E-state index contributed by atoms with van der Waals surface area (Å²) in [5.74, 6) is 0.673. The molecule has 2 aromatic carbocycles. The Bertz CT molecular complexity index is 1210. The molecule has 9 heteroatoms. The average molecular weight is 437 g/mol. The summed E-state index contributed by atoms with van der Waals surface area (Å²) in [5, 5.41) is 0. The summed E-state index contributed by atoms with van der Waals surface area (Å²) in [6, 6.07) is 17.3. The van der Waals surface area contributed by atoms with Gasteiger partial charge in [-0.1, -0.05) is 36.4 Å². The lowest BCUT2D eigenvalue weighted by molar-refractivity contribution is -0.274. The van der Waals surface area contributed by atoms with Gasteiger partial charge in [-0.15, -0.1) is 13.2 Å². The number of rotatable bonds is 4. The minimum absolute atomic E-state index is 0.305. The van der Waals surface area contributed by atoms with Crippen LogP contribution in [0.4, 0.5) is 13.2 Å². The van der Waals surface area contributed by atoms with Crippen molar-refractivity contribution in [2.75, 3.05) is 13.1 Å². The second-order valence-corrected chi connectivity index (χ2v) is 7.43. The van der Waals surface area contributed by atoms with Gasteiger partial charge in [-0.3, -0.25) is 14.9 Å². The van der Waals surface area contributed by atoms with E-state index in [9.17, 15) is 13.2 Å². The van der Waals surface area contributed by atoms with Crippen molar-refractivity contribution >= 4 is 11.8 Å². The van der Waals surface area contributed by atoms with Crippen LogP contribution in [0.5, 0.6) is 5.75 Å². The topological polar surface area (TPSA) is 76.1 Å². The lowest BCUT2D eigenvalue weighted by Crippen LogP contribution is -2.41. The quantitative estimate of drug-likeness (QED) is 0.671. The zero-order valence-electron chi connectivity index (χ0n) is 16.8. The number of halogens is 3. The normalized spacial score (nSPS) is 20.0. The molecular formula is C23H18F3N5O. The third-order valence-corrected chi connectivity index (χ3v) is 5.50. The zero-order chi connectivity index (χ0) is 22.3. The molecule has 162 valence electrons. The third-order valence-electron chi connectivity index (χ3n) is 5.50. The van der Waals surface area contributed by atoms with Gasteiger partial charge in [0.05, 0.1) is 6.54 Å². The van der Waals surface area contributed by atoms with Crippen molar-refractivity contribution in [2.24, 2.45) is 15.7 Å². The van der Waals surface area contributed by atoms with Gasteiger partial charge in [-0.2, -0.15) is 0 Å². The van der Waals surface area contributed by atoms with E-state index < -0.39 is 11.9 Å². The molecule has 6 nitrogen and oxygen atoms in total. The maximum absolute atomic E-state index is 12.6. The summed E-state index contributed by atoms with van der Waals surface area (Å²) in [7, 11) is 0. The SMILES string of the molecule is NC1=NC(c2ccc(OC(F)(F)F)cc2)(c2cccc(-c3cccnc3)c2)C2=NCCN12. The second-order valence-electron chi connectivity index (χ2n) is 7.43. The highest BCUT2D eigenvalue weighted by Crippen LogP contribution is 2.43. The van der Waals surface area contributed by atoms with Gasteiger partial charge in [-0.05, 0) is 46.5 Å². The first-order valence-electron chi connectivity index (χ1n) is 9.92. The first-order chi connectivity index (χ1) is 15.4. The summed E-state index contributed by atoms with van der Waals surface area (Å²) in [4.78, 5) is 15.5. The molecule has 2 aliphatic heterocycles. The highest BCUT2D eigenvalue weighted by Gasteiger charge is 2.50. The Kier molecular flexibility index (Phi) is 4.61. The molecule has 3 aromatic rings. The van der Waals surface area contributed by atoms with Crippen molar-refractivity contribution in [1.29, 1.82) is 0 Å². The lowest BCUT2D eigenvalue weighted by Gasteiger charge is -2.29. The highest BCUT2D eigenvalue weighted by molar-refractivity contribution is 6.12. The van der Waals surface area contributed by atoms with E-state index in [1.807, 2.05) is 41.3 Å². The second kappa shape index (κ2) is 7.37. The lowest BCUT2D eigenvalue weighted by atomic mass is 9.81. The van der Waals surface area contributed by atoms with Crippen molar-refractivity contribution in [1.82, 2.24) is 9.88 Å². The number of hydrogen-bond acceptors (Lipinski definition) is 6. The Morgan fingerprint density at radius 2 is 1.75 bits per heavy atom. The Labute approximate surface area is 181 Å². The molecule has 2 N–H and O–H groups in total. The van der Waals surface area contributed by atoms with Gasteiger partial charge in [0.1, 0.15) is 11.6 Å². The molecule has 2 aliphatic rings. The van der Waals surface area contributed by atoms with E-state index in [-0.39, 0.29) is 5.75 Å². The predicted molar refractivity (Wildman–Crippen MR) is 114 cm³/mol. The molecule has 32 heavy (non-hydrogen) atoms. The number of hydrogen-bond donors (Lipinski definition) is 1. The molecule has 3 heterocycles. The van der Waals surface area contributed by atoms with Crippen LogP contribution in [-0.4, -0.2) is 41.1 Å². The van der Waals surface area contributed by atoms with Crippen LogP contribution in [0.25, 0.3) is 11.1 Å². The van der Waals surface area contributed by atoms with Crippen LogP contribution >= 0.6 is 0 Å². The van der Waals surface area contributed by atoms with E-state index >= 15 is 0 Å². The number of aromatic nitrogens is 1. The number of fused-ring (bicyclic) bond motifs is 1. The molecule has 1 aromatic heterocycles. The third kappa shape index (κ3) is 3.35. The maximum Gasteiger partial charge on any atom is 0.573 e. The number of ether oxygens (including phenoxy) is 1. The van der Waals surface area contributed by atoms with E-state index in [4.69, 9.17) is 10.7 Å². The van der Waals surface area contributed by atoms with E-state index in [0.29, 0.717) is 30.4 Å². The number of pyridine rings is 1. The molecule has 1 unspecified atom stereocenters. The monoisotopic (exact) mass is 437 g/mol. The van der Waals surface area contributed by atoms with Gasteiger partial charge in [0.15, 0.2) is 11.5 Å². The van der Waals surface area contributed by atoms with E-state index in [2.05, 4.69) is 14.7 Å². The summed E-state index contributed by atoms with van der Waals surface area (Å²) >= 11 is 0. The largest absolute Gasteiger partial charge is 0.573 e. The van der Waals surface area contributed by atoms with Crippen LogP contribution in [0.15, 0.2) is 83.0 Å². The number of nitrogens with zero attached hydrogens (tertiary/aromatic N) is 4. The number of amidine groups is 1. The Morgan fingerprint density at radius 3 is 2.47 bits per heavy atom. The first-order valence-corrected chi connectivity index (χ1v) is 9.92. The highest BCUT2D eigenvalue weighted by atomic mass is 19.4. The Morgan fingerprint density at radius 1 is 0.969 bits per heavy atom. The molecule has 0 aliphatic carbocycles. The smallest absolute Gasteiger partial charge is 0.406 e. The fourth-order valence-electron chi connectivity index (χ4n) is 4.17. The molecule has 0 amide bonds. The number of aliphatic imine (C=N–C) groups is 2. The van der Waals surface area contributed by atoms with Gasteiger partial charge in [-0.25, -0.2) is 4.99 Å². The van der Waals surface area contributed by atoms with Crippen molar-refractivity contribution in [3.8, 4) is 16.9 Å². The minimum atomic E-state index is -4.76. The van der Waals surface area contributed by atoms with Crippen molar-refractivity contribution in [3.63, 3.8) is 0 Å². The van der Waals surface area contributed by atoms with Gasteiger partial charge in [0.2, 0.25) is 0 Å². The molecule has 0 fully saturated rings. The molecule has 0 spiro atoms. The number of alkyl halides is 3. The van der Waals surface area contributed by atoms with Crippen molar-refractivity contribution in [2.45, 2.75) is 11.9 Å². The number of guanidine groups is 1. The fraction of sp³-hybridized carbons (Fsp3) is 0.174. The summed E-state index contributed by atoms with van der Waals surface area (Å²) < 4.78 is 41.9. The maximum atomic E-state index is 12.6. The molecule has 0 saturated carbocycles. The van der Waals surface area contributed by atoms with Crippen LogP contribution in [0.3, 0.4) is 0 Å². The molecule has 0 saturated heterocycles. The van der Waals surface area contributed by atoms with E-state index in [1.165, 1.54) is 12.1 Å². The van der Waals surface area contributed by atoms with E-state index in [0.717, 1.165) is 16.7 Å². The van der Waals surface area contributed by atoms with E-state index in [1.54, 1.807) is 24.5 Å². The minimum Gasteiger partial charge on any atom is -0.406 e. The zero-order valence-corrected chi connectivity index (χ0v) is 16.8. The Balaban J connectivity index is 1.65. The molecule has 0 radical (unpaired) electrons. The standard InChI is InChI=1S/C23H18F3N5O/c24-23(25,26)32-19-8-6-17(7-9-19)22(20-29-11-12-31(20)21(27)30-22)18-5-1-3-15(13-18)16-4-2-10-28-14-16/h1-10,13-14H,11-12H2,(H2,27,30). The summed E-state index contributed by atoms with van der Waals surface area (Å²) in [6.45, 7) is 1.16. The fourth-order valence-corrected chi connectivity index (χ4v) is 4.17. The van der Waals surface area contributed by atoms with Crippen LogP contribution in [0.2, 0.25) is 0 Å².